The molecule has 0 amide bonds. The third kappa shape index (κ3) is 3.62. The second-order valence-electron chi connectivity index (χ2n) is 3.82. The molecule has 0 spiro atoms. The molecule has 4 N–H and O–H groups in total. The Kier molecular flexibility index (Phi) is 4.44. The second kappa shape index (κ2) is 6.27. The highest BCUT2D eigenvalue weighted by Gasteiger charge is 2.05. The molecule has 2 aromatic rings. The van der Waals surface area contributed by atoms with E-state index < -0.39 is 5.97 Å². The zero-order valence-corrected chi connectivity index (χ0v) is 11.9. The average Bonchev–Trinajstić information content (AvgIpc) is 2.87. The molecule has 5 nitrogen and oxygen atoms in total. The molecule has 2 rings (SSSR count). The van der Waals surface area contributed by atoms with Crippen molar-refractivity contribution < 1.29 is 9.90 Å². The van der Waals surface area contributed by atoms with Crippen molar-refractivity contribution in [2.75, 3.05) is 0 Å². The number of carboxylic acids is 1. The van der Waals surface area contributed by atoms with Crippen LogP contribution in [-0.4, -0.2) is 22.4 Å². The van der Waals surface area contributed by atoms with Crippen LogP contribution in [-0.2, 0) is 0 Å². The first kappa shape index (κ1) is 14.2. The summed E-state index contributed by atoms with van der Waals surface area (Å²) in [6.07, 6.45) is 1.62. The Morgan fingerprint density at radius 3 is 2.60 bits per heavy atom. The number of nitrogens with one attached hydrogen (secondary N) is 1. The zero-order valence-electron chi connectivity index (χ0n) is 10.2. The van der Waals surface area contributed by atoms with E-state index in [1.54, 1.807) is 30.5 Å². The number of rotatable bonds is 4. The van der Waals surface area contributed by atoms with Crippen molar-refractivity contribution in [3.8, 4) is 10.4 Å². The number of nitrogens with two attached hydrogens (primary N) is 1. The highest BCUT2D eigenvalue weighted by atomic mass is 32.1. The predicted octanol–water partition coefficient (Wildman–Crippen LogP) is 2.28. The summed E-state index contributed by atoms with van der Waals surface area (Å²) < 4.78 is 0. The Morgan fingerprint density at radius 2 is 2.00 bits per heavy atom. The number of hydrazone groups is 1. The smallest absolute Gasteiger partial charge is 0.335 e. The molecule has 0 radical (unpaired) electrons. The minimum Gasteiger partial charge on any atom is -0.478 e. The topological polar surface area (TPSA) is 87.7 Å². The van der Waals surface area contributed by atoms with Gasteiger partial charge in [-0.15, -0.1) is 11.3 Å². The van der Waals surface area contributed by atoms with Crippen molar-refractivity contribution >= 4 is 40.9 Å². The number of carbonyl (C=O) groups is 1. The maximum absolute atomic E-state index is 10.8. The number of hydrogen-bond acceptors (Lipinski definition) is 4. The number of nitrogens with zero attached hydrogens (tertiary/aromatic N) is 1. The molecule has 0 unspecified atom stereocenters. The van der Waals surface area contributed by atoms with Crippen LogP contribution in [0.1, 0.15) is 15.2 Å². The number of benzene rings is 1. The van der Waals surface area contributed by atoms with E-state index in [2.05, 4.69) is 22.7 Å². The van der Waals surface area contributed by atoms with E-state index in [0.29, 0.717) is 0 Å². The molecule has 0 aliphatic heterocycles. The van der Waals surface area contributed by atoms with Gasteiger partial charge in [-0.2, -0.15) is 5.10 Å². The SMILES string of the molecule is NC(=S)N/N=C/c1ccc(-c2ccc(C(=O)O)cc2)s1. The monoisotopic (exact) mass is 305 g/mol. The lowest BCUT2D eigenvalue weighted by Gasteiger charge is -1.98. The van der Waals surface area contributed by atoms with Gasteiger partial charge >= 0.3 is 5.97 Å². The quantitative estimate of drug-likeness (QED) is 0.458. The van der Waals surface area contributed by atoms with Gasteiger partial charge in [-0.1, -0.05) is 12.1 Å². The molecule has 20 heavy (non-hydrogen) atoms. The summed E-state index contributed by atoms with van der Waals surface area (Å²) in [6.45, 7) is 0. The predicted molar refractivity (Wildman–Crippen MR) is 84.2 cm³/mol. The molecule has 0 bridgehead atoms. The molecule has 1 heterocycles. The Bertz CT molecular complexity index is 663. The van der Waals surface area contributed by atoms with E-state index in [4.69, 9.17) is 10.8 Å². The fraction of sp³-hybridized carbons (Fsp3) is 0. The highest BCUT2D eigenvalue weighted by molar-refractivity contribution is 7.80. The van der Waals surface area contributed by atoms with E-state index >= 15 is 0 Å². The van der Waals surface area contributed by atoms with Crippen molar-refractivity contribution in [3.63, 3.8) is 0 Å². The van der Waals surface area contributed by atoms with E-state index in [9.17, 15) is 4.79 Å². The van der Waals surface area contributed by atoms with Crippen LogP contribution in [0.25, 0.3) is 10.4 Å². The summed E-state index contributed by atoms with van der Waals surface area (Å²) >= 11 is 6.17. The summed E-state index contributed by atoms with van der Waals surface area (Å²) in [5, 5.41) is 12.8. The van der Waals surface area contributed by atoms with Gasteiger partial charge in [-0.25, -0.2) is 4.79 Å². The maximum Gasteiger partial charge on any atom is 0.335 e. The molecule has 0 saturated carbocycles. The van der Waals surface area contributed by atoms with Crippen molar-refractivity contribution in [1.29, 1.82) is 0 Å². The van der Waals surface area contributed by atoms with E-state index in [-0.39, 0.29) is 10.7 Å². The van der Waals surface area contributed by atoms with Crippen molar-refractivity contribution in [3.05, 3.63) is 46.8 Å². The lowest BCUT2D eigenvalue weighted by Crippen LogP contribution is -2.23. The molecular weight excluding hydrogens is 294 g/mol. The largest absolute Gasteiger partial charge is 0.478 e. The standard InChI is InChI=1S/C13H11N3O2S2/c14-13(19)16-15-7-10-5-6-11(20-10)8-1-3-9(4-2-8)12(17)18/h1-7H,(H,17,18)(H3,14,16,19)/b15-7+. The molecule has 1 aromatic carbocycles. The Balaban J connectivity index is 2.14. The second-order valence-corrected chi connectivity index (χ2v) is 5.37. The van der Waals surface area contributed by atoms with Crippen LogP contribution in [0.4, 0.5) is 0 Å². The fourth-order valence-electron chi connectivity index (χ4n) is 1.51. The first-order valence-corrected chi connectivity index (χ1v) is 6.81. The van der Waals surface area contributed by atoms with Crippen LogP contribution >= 0.6 is 23.6 Å². The molecular formula is C13H11N3O2S2. The van der Waals surface area contributed by atoms with Crippen LogP contribution in [0.3, 0.4) is 0 Å². The normalized spacial score (nSPS) is 10.6. The summed E-state index contributed by atoms with van der Waals surface area (Å²) in [6, 6.07) is 10.6. The number of thiocarbonyl (C=S) groups is 1. The molecule has 0 aliphatic carbocycles. The van der Waals surface area contributed by atoms with Crippen molar-refractivity contribution in [2.45, 2.75) is 0 Å². The van der Waals surface area contributed by atoms with Gasteiger partial charge in [0.25, 0.3) is 0 Å². The Labute approximate surface area is 124 Å². The van der Waals surface area contributed by atoms with Gasteiger partial charge in [0.2, 0.25) is 0 Å². The van der Waals surface area contributed by atoms with Crippen LogP contribution in [0.5, 0.6) is 0 Å². The highest BCUT2D eigenvalue weighted by Crippen LogP contribution is 2.27. The van der Waals surface area contributed by atoms with E-state index in [0.717, 1.165) is 15.3 Å². The minimum absolute atomic E-state index is 0.113. The van der Waals surface area contributed by atoms with Gasteiger partial charge < -0.3 is 10.8 Å². The third-order valence-corrected chi connectivity index (χ3v) is 3.57. The summed E-state index contributed by atoms with van der Waals surface area (Å²) in [5.41, 5.74) is 8.97. The maximum atomic E-state index is 10.8. The summed E-state index contributed by atoms with van der Waals surface area (Å²) in [7, 11) is 0. The molecule has 0 atom stereocenters. The van der Waals surface area contributed by atoms with Gasteiger partial charge in [0.05, 0.1) is 11.8 Å². The lowest BCUT2D eigenvalue weighted by atomic mass is 10.1. The number of carboxylic acid groups (broad SMARTS) is 1. The third-order valence-electron chi connectivity index (χ3n) is 2.41. The Morgan fingerprint density at radius 1 is 1.30 bits per heavy atom. The lowest BCUT2D eigenvalue weighted by molar-refractivity contribution is 0.0697. The first-order valence-electron chi connectivity index (χ1n) is 5.58. The molecule has 1 aromatic heterocycles. The van der Waals surface area contributed by atoms with Crippen molar-refractivity contribution in [2.24, 2.45) is 10.8 Å². The molecule has 7 heteroatoms. The van der Waals surface area contributed by atoms with Gasteiger partial charge in [-0.3, -0.25) is 5.43 Å². The first-order chi connectivity index (χ1) is 9.56. The average molecular weight is 305 g/mol. The molecule has 0 saturated heterocycles. The van der Waals surface area contributed by atoms with Gasteiger partial charge in [0.1, 0.15) is 0 Å². The van der Waals surface area contributed by atoms with Gasteiger partial charge in [0, 0.05) is 9.75 Å². The van der Waals surface area contributed by atoms with E-state index in [1.165, 1.54) is 11.3 Å². The van der Waals surface area contributed by atoms with E-state index in [1.807, 2.05) is 12.1 Å². The summed E-state index contributed by atoms with van der Waals surface area (Å²) in [4.78, 5) is 12.7. The fourth-order valence-corrected chi connectivity index (χ4v) is 2.45. The van der Waals surface area contributed by atoms with Crippen LogP contribution in [0.2, 0.25) is 0 Å². The molecule has 0 fully saturated rings. The Hall–Kier alpha value is -2.25. The van der Waals surface area contributed by atoms with Crippen LogP contribution in [0, 0.1) is 0 Å². The number of hydrogen-bond donors (Lipinski definition) is 3. The minimum atomic E-state index is -0.931. The van der Waals surface area contributed by atoms with Gasteiger partial charge in [0.15, 0.2) is 5.11 Å². The van der Waals surface area contributed by atoms with Crippen molar-refractivity contribution in [1.82, 2.24) is 5.43 Å². The van der Waals surface area contributed by atoms with Gasteiger partial charge in [-0.05, 0) is 42.0 Å². The van der Waals surface area contributed by atoms with Crippen LogP contribution < -0.4 is 11.2 Å². The number of thiophene rings is 1. The molecule has 0 aliphatic rings. The number of aromatic carboxylic acids is 1. The molecule has 102 valence electrons. The van der Waals surface area contributed by atoms with Crippen LogP contribution in [0.15, 0.2) is 41.5 Å². The summed E-state index contributed by atoms with van der Waals surface area (Å²) in [5.74, 6) is -0.931. The zero-order chi connectivity index (χ0) is 14.5.